The van der Waals surface area contributed by atoms with E-state index in [0.717, 1.165) is 11.0 Å². The van der Waals surface area contributed by atoms with Crippen LogP contribution in [0.25, 0.3) is 0 Å². The predicted octanol–water partition coefficient (Wildman–Crippen LogP) is 5.41. The molecule has 0 saturated heterocycles. The Balaban J connectivity index is 2.06. The second-order valence-electron chi connectivity index (χ2n) is 5.18. The summed E-state index contributed by atoms with van der Waals surface area (Å²) in [5.74, 6) is 0. The van der Waals surface area contributed by atoms with Crippen LogP contribution in [0.1, 0.15) is 25.0 Å². The van der Waals surface area contributed by atoms with E-state index in [9.17, 15) is 0 Å². The molecule has 1 nitrogen and oxygen atoms in total. The van der Waals surface area contributed by atoms with E-state index in [4.69, 9.17) is 0 Å². The lowest BCUT2D eigenvalue weighted by Gasteiger charge is -2.12. The second kappa shape index (κ2) is 7.30. The van der Waals surface area contributed by atoms with Crippen molar-refractivity contribution in [2.24, 2.45) is 0 Å². The van der Waals surface area contributed by atoms with Crippen LogP contribution in [0.2, 0.25) is 0 Å². The molecule has 3 heteroatoms. The van der Waals surface area contributed by atoms with Crippen molar-refractivity contribution in [3.05, 3.63) is 58.1 Å². The number of nitrogens with one attached hydrogen (secondary N) is 1. The summed E-state index contributed by atoms with van der Waals surface area (Å²) in [5, 5.41) is 3.47. The molecule has 0 aliphatic carbocycles. The van der Waals surface area contributed by atoms with Gasteiger partial charge in [0.1, 0.15) is 0 Å². The number of rotatable bonds is 5. The lowest BCUT2D eigenvalue weighted by atomic mass is 10.1. The molecule has 0 atom stereocenters. The Morgan fingerprint density at radius 3 is 2.30 bits per heavy atom. The summed E-state index contributed by atoms with van der Waals surface area (Å²) in [6, 6.07) is 15.7. The maximum atomic E-state index is 3.47. The van der Waals surface area contributed by atoms with Crippen LogP contribution in [-0.4, -0.2) is 6.04 Å². The normalized spacial score (nSPS) is 11.1. The standard InChI is InChI=1S/C17H20BrNS/c1-12(2)19-11-14-4-7-17(10-13(14)3)20-16-8-5-15(18)6-9-16/h4-10,12,19H,11H2,1-3H3. The SMILES string of the molecule is Cc1cc(Sc2ccc(Br)cc2)ccc1CNC(C)C. The molecule has 0 fully saturated rings. The molecule has 0 amide bonds. The molecule has 1 N–H and O–H groups in total. The van der Waals surface area contributed by atoms with Crippen molar-refractivity contribution in [3.8, 4) is 0 Å². The number of hydrogen-bond donors (Lipinski definition) is 1. The fraction of sp³-hybridized carbons (Fsp3) is 0.294. The number of halogens is 1. The first-order valence-corrected chi connectivity index (χ1v) is 8.42. The lowest BCUT2D eigenvalue weighted by molar-refractivity contribution is 0.587. The van der Waals surface area contributed by atoms with E-state index in [1.165, 1.54) is 20.9 Å². The molecule has 0 saturated carbocycles. The summed E-state index contributed by atoms with van der Waals surface area (Å²) in [4.78, 5) is 2.55. The molecule has 20 heavy (non-hydrogen) atoms. The van der Waals surface area contributed by atoms with Crippen molar-refractivity contribution >= 4 is 27.7 Å². The molecule has 2 rings (SSSR count). The van der Waals surface area contributed by atoms with Crippen LogP contribution >= 0.6 is 27.7 Å². The summed E-state index contributed by atoms with van der Waals surface area (Å²) >= 11 is 5.27. The molecule has 0 aliphatic heterocycles. The molecule has 0 spiro atoms. The maximum Gasteiger partial charge on any atom is 0.0210 e. The minimum absolute atomic E-state index is 0.520. The third-order valence-corrected chi connectivity index (χ3v) is 4.59. The molecular formula is C17H20BrNS. The minimum Gasteiger partial charge on any atom is -0.310 e. The van der Waals surface area contributed by atoms with Crippen molar-refractivity contribution in [2.45, 2.75) is 43.1 Å². The minimum atomic E-state index is 0.520. The van der Waals surface area contributed by atoms with Crippen LogP contribution in [-0.2, 0) is 6.54 Å². The zero-order valence-electron chi connectivity index (χ0n) is 12.1. The van der Waals surface area contributed by atoms with Crippen LogP contribution in [0.4, 0.5) is 0 Å². The lowest BCUT2D eigenvalue weighted by Crippen LogP contribution is -2.22. The second-order valence-corrected chi connectivity index (χ2v) is 7.24. The first-order valence-electron chi connectivity index (χ1n) is 6.81. The number of aryl methyl sites for hydroxylation is 1. The maximum absolute atomic E-state index is 3.47. The predicted molar refractivity (Wildman–Crippen MR) is 91.4 cm³/mol. The van der Waals surface area contributed by atoms with Gasteiger partial charge in [0.05, 0.1) is 0 Å². The smallest absolute Gasteiger partial charge is 0.0210 e. The Hall–Kier alpha value is -0.770. The van der Waals surface area contributed by atoms with Gasteiger partial charge in [-0.2, -0.15) is 0 Å². The third-order valence-electron chi connectivity index (χ3n) is 3.06. The summed E-state index contributed by atoms with van der Waals surface area (Å²) < 4.78 is 1.12. The monoisotopic (exact) mass is 349 g/mol. The zero-order valence-corrected chi connectivity index (χ0v) is 14.5. The highest BCUT2D eigenvalue weighted by Crippen LogP contribution is 2.29. The molecular weight excluding hydrogens is 330 g/mol. The summed E-state index contributed by atoms with van der Waals surface area (Å²) in [6.45, 7) is 7.47. The van der Waals surface area contributed by atoms with E-state index in [-0.39, 0.29) is 0 Å². The van der Waals surface area contributed by atoms with Gasteiger partial charge >= 0.3 is 0 Å². The van der Waals surface area contributed by atoms with Gasteiger partial charge in [0, 0.05) is 26.9 Å². The Bertz CT molecular complexity index is 564. The fourth-order valence-corrected chi connectivity index (χ4v) is 3.06. The van der Waals surface area contributed by atoms with E-state index < -0.39 is 0 Å². The van der Waals surface area contributed by atoms with Crippen molar-refractivity contribution in [1.82, 2.24) is 5.32 Å². The van der Waals surface area contributed by atoms with Crippen molar-refractivity contribution in [2.75, 3.05) is 0 Å². The zero-order chi connectivity index (χ0) is 14.5. The van der Waals surface area contributed by atoms with Crippen LogP contribution in [0.5, 0.6) is 0 Å². The van der Waals surface area contributed by atoms with Gasteiger partial charge in [0.2, 0.25) is 0 Å². The Kier molecular flexibility index (Phi) is 5.70. The molecule has 0 radical (unpaired) electrons. The van der Waals surface area contributed by atoms with E-state index in [0.29, 0.717) is 6.04 Å². The van der Waals surface area contributed by atoms with Crippen molar-refractivity contribution in [1.29, 1.82) is 0 Å². The third kappa shape index (κ3) is 4.65. The summed E-state index contributed by atoms with van der Waals surface area (Å²) in [5.41, 5.74) is 2.72. The van der Waals surface area contributed by atoms with Gasteiger partial charge in [0.15, 0.2) is 0 Å². The molecule has 0 aliphatic rings. The fourth-order valence-electron chi connectivity index (χ4n) is 1.88. The molecule has 2 aromatic carbocycles. The van der Waals surface area contributed by atoms with E-state index >= 15 is 0 Å². The average molecular weight is 350 g/mol. The van der Waals surface area contributed by atoms with E-state index in [1.807, 2.05) is 0 Å². The Labute approximate surface area is 134 Å². The van der Waals surface area contributed by atoms with Crippen LogP contribution in [0.3, 0.4) is 0 Å². The molecule has 0 unspecified atom stereocenters. The van der Waals surface area contributed by atoms with Gasteiger partial charge in [-0.05, 0) is 54.4 Å². The van der Waals surface area contributed by atoms with E-state index in [1.54, 1.807) is 11.8 Å². The van der Waals surface area contributed by atoms with Gasteiger partial charge in [-0.1, -0.05) is 47.6 Å². The van der Waals surface area contributed by atoms with Gasteiger partial charge in [-0.15, -0.1) is 0 Å². The van der Waals surface area contributed by atoms with Crippen LogP contribution < -0.4 is 5.32 Å². The quantitative estimate of drug-likeness (QED) is 0.774. The highest BCUT2D eigenvalue weighted by molar-refractivity contribution is 9.10. The van der Waals surface area contributed by atoms with E-state index in [2.05, 4.69) is 84.5 Å². The number of benzene rings is 2. The summed E-state index contributed by atoms with van der Waals surface area (Å²) in [7, 11) is 0. The molecule has 2 aromatic rings. The number of hydrogen-bond acceptors (Lipinski definition) is 2. The molecule has 106 valence electrons. The molecule has 0 bridgehead atoms. The Morgan fingerprint density at radius 2 is 1.70 bits per heavy atom. The topological polar surface area (TPSA) is 12.0 Å². The van der Waals surface area contributed by atoms with Gasteiger partial charge in [-0.25, -0.2) is 0 Å². The van der Waals surface area contributed by atoms with Gasteiger partial charge in [0.25, 0.3) is 0 Å². The van der Waals surface area contributed by atoms with Gasteiger partial charge < -0.3 is 5.32 Å². The van der Waals surface area contributed by atoms with Crippen molar-refractivity contribution < 1.29 is 0 Å². The van der Waals surface area contributed by atoms with Crippen molar-refractivity contribution in [3.63, 3.8) is 0 Å². The highest BCUT2D eigenvalue weighted by Gasteiger charge is 2.03. The van der Waals surface area contributed by atoms with Gasteiger partial charge in [-0.3, -0.25) is 0 Å². The first kappa shape index (κ1) is 15.6. The first-order chi connectivity index (χ1) is 9.54. The Morgan fingerprint density at radius 1 is 1.05 bits per heavy atom. The highest BCUT2D eigenvalue weighted by atomic mass is 79.9. The summed E-state index contributed by atoms with van der Waals surface area (Å²) in [6.07, 6.45) is 0. The largest absolute Gasteiger partial charge is 0.310 e. The van der Waals surface area contributed by atoms with Crippen LogP contribution in [0, 0.1) is 6.92 Å². The average Bonchev–Trinajstić information content (AvgIpc) is 2.40. The molecule has 0 heterocycles. The molecule has 0 aromatic heterocycles. The van der Waals surface area contributed by atoms with Crippen LogP contribution in [0.15, 0.2) is 56.7 Å².